The number of benzene rings is 1. The van der Waals surface area contributed by atoms with E-state index in [2.05, 4.69) is 26.8 Å². The van der Waals surface area contributed by atoms with Crippen LogP contribution in [-0.4, -0.2) is 45.9 Å². The Hall–Kier alpha value is -2.05. The van der Waals surface area contributed by atoms with Gasteiger partial charge in [0.1, 0.15) is 17.3 Å². The maximum atomic E-state index is 13.5. The van der Waals surface area contributed by atoms with E-state index in [1.807, 2.05) is 0 Å². The van der Waals surface area contributed by atoms with E-state index in [9.17, 15) is 29.7 Å². The summed E-state index contributed by atoms with van der Waals surface area (Å²) in [6.45, 7) is 7.39. The summed E-state index contributed by atoms with van der Waals surface area (Å²) < 4.78 is 0. The Kier molecular flexibility index (Phi) is 10.1. The molecule has 0 bridgehead atoms. The number of Topliss-reactive ketones (excluding diaryl/α,β-unsaturated/α-hetero) is 3. The maximum Gasteiger partial charge on any atom is 0.167 e. The molecule has 0 radical (unpaired) electrons. The Bertz CT molecular complexity index is 988. The smallest absolute Gasteiger partial charge is 0.167 e. The molecule has 0 amide bonds. The number of aliphatic hydroxyl groups excluding tert-OH is 2. The fraction of sp³-hybridized carbons (Fsp3) is 0.710. The first-order valence-corrected chi connectivity index (χ1v) is 14.1. The van der Waals surface area contributed by atoms with Gasteiger partial charge in [0.25, 0.3) is 0 Å². The van der Waals surface area contributed by atoms with Crippen LogP contribution in [0.3, 0.4) is 0 Å². The van der Waals surface area contributed by atoms with Gasteiger partial charge in [-0.25, -0.2) is 0 Å². The summed E-state index contributed by atoms with van der Waals surface area (Å²) in [4.78, 5) is 37.6. The van der Waals surface area contributed by atoms with Crippen molar-refractivity contribution in [1.82, 2.24) is 0 Å². The third kappa shape index (κ3) is 7.08. The Morgan fingerprint density at radius 3 is 2.38 bits per heavy atom. The van der Waals surface area contributed by atoms with Crippen LogP contribution in [0, 0.1) is 23.2 Å². The van der Waals surface area contributed by atoms with E-state index >= 15 is 0 Å². The van der Waals surface area contributed by atoms with Crippen LogP contribution >= 0.6 is 0 Å². The minimum Gasteiger partial charge on any atom is -0.507 e. The number of hydrogen-bond donors (Lipinski definition) is 3. The molecule has 0 aliphatic heterocycles. The summed E-state index contributed by atoms with van der Waals surface area (Å²) in [7, 11) is 0. The number of aliphatic hydroxyl groups is 2. The van der Waals surface area contributed by atoms with Crippen LogP contribution in [0.4, 0.5) is 0 Å². The van der Waals surface area contributed by atoms with E-state index in [1.165, 1.54) is 32.6 Å². The van der Waals surface area contributed by atoms with Crippen LogP contribution in [0.15, 0.2) is 6.07 Å². The number of aromatic hydroxyl groups is 1. The fourth-order valence-electron chi connectivity index (χ4n) is 6.79. The Balaban J connectivity index is 1.86. The summed E-state index contributed by atoms with van der Waals surface area (Å²) in [6.07, 6.45) is 8.20. The molecular formula is C31H46O6. The lowest BCUT2D eigenvalue weighted by Crippen LogP contribution is -2.32. The largest absolute Gasteiger partial charge is 0.507 e. The van der Waals surface area contributed by atoms with Crippen molar-refractivity contribution in [2.45, 2.75) is 104 Å². The summed E-state index contributed by atoms with van der Waals surface area (Å²) in [5.41, 5.74) is 3.65. The summed E-state index contributed by atoms with van der Waals surface area (Å²) in [6, 6.07) is 2.10. The fourth-order valence-corrected chi connectivity index (χ4v) is 6.79. The first kappa shape index (κ1) is 29.5. The van der Waals surface area contributed by atoms with Crippen LogP contribution in [0.5, 0.6) is 5.75 Å². The molecule has 1 saturated carbocycles. The van der Waals surface area contributed by atoms with Crippen LogP contribution in [0.1, 0.15) is 118 Å². The van der Waals surface area contributed by atoms with Crippen LogP contribution in [0.2, 0.25) is 0 Å². The zero-order chi connectivity index (χ0) is 27.3. The Morgan fingerprint density at radius 2 is 1.81 bits per heavy atom. The SMILES string of the molecule is CC(=O)CC(=O)C(CO)C(CCO)CC1CC(=O)c2c(O)c(CCC3(C)CCCC3)cc(C(C)C)c2C1. The average Bonchev–Trinajstić information content (AvgIpc) is 3.24. The molecule has 1 aromatic carbocycles. The zero-order valence-corrected chi connectivity index (χ0v) is 23.1. The monoisotopic (exact) mass is 514 g/mol. The van der Waals surface area contributed by atoms with Gasteiger partial charge in [0.2, 0.25) is 0 Å². The molecule has 3 N–H and O–H groups in total. The molecule has 2 aliphatic carbocycles. The first-order chi connectivity index (χ1) is 17.5. The molecule has 3 unspecified atom stereocenters. The second-order valence-corrected chi connectivity index (χ2v) is 12.3. The van der Waals surface area contributed by atoms with E-state index < -0.39 is 5.92 Å². The van der Waals surface area contributed by atoms with Crippen molar-refractivity contribution in [1.29, 1.82) is 0 Å². The van der Waals surface area contributed by atoms with Crippen molar-refractivity contribution >= 4 is 17.3 Å². The first-order valence-electron chi connectivity index (χ1n) is 14.1. The standard InChI is InChI=1S/C31H46O6/c1-19(2)24-17-23(7-11-31(4)9-5-6-10-31)30(37)29-25(24)15-21(16-28(29)36)14-22(8-12-32)26(18-33)27(35)13-20(3)34/h17,19,21-22,26,32-33,37H,5-16,18H2,1-4H3. The zero-order valence-electron chi connectivity index (χ0n) is 23.1. The molecule has 0 heterocycles. The van der Waals surface area contributed by atoms with Crippen LogP contribution in [0.25, 0.3) is 0 Å². The average molecular weight is 515 g/mol. The minimum absolute atomic E-state index is 0.0594. The number of carbonyl (C=O) groups excluding carboxylic acids is 3. The predicted molar refractivity (Wildman–Crippen MR) is 144 cm³/mol. The molecule has 0 aromatic heterocycles. The Morgan fingerprint density at radius 1 is 1.14 bits per heavy atom. The van der Waals surface area contributed by atoms with Gasteiger partial charge < -0.3 is 15.3 Å². The molecule has 0 spiro atoms. The number of phenols is 1. The van der Waals surface area contributed by atoms with Crippen molar-refractivity contribution in [3.63, 3.8) is 0 Å². The number of ketones is 3. The third-order valence-electron chi connectivity index (χ3n) is 8.94. The molecule has 6 heteroatoms. The summed E-state index contributed by atoms with van der Waals surface area (Å²) in [5.74, 6) is -1.40. The minimum atomic E-state index is -0.732. The normalized spacial score (nSPS) is 20.6. The van der Waals surface area contributed by atoms with Gasteiger partial charge in [0, 0.05) is 18.9 Å². The topological polar surface area (TPSA) is 112 Å². The maximum absolute atomic E-state index is 13.5. The lowest BCUT2D eigenvalue weighted by molar-refractivity contribution is -0.131. The van der Waals surface area contributed by atoms with Gasteiger partial charge in [-0.3, -0.25) is 14.4 Å². The lowest BCUT2D eigenvalue weighted by atomic mass is 9.71. The number of carbonyl (C=O) groups is 3. The number of rotatable bonds is 13. The molecule has 0 saturated heterocycles. The van der Waals surface area contributed by atoms with Gasteiger partial charge in [-0.05, 0) is 91.7 Å². The molecule has 3 atom stereocenters. The van der Waals surface area contributed by atoms with E-state index in [1.54, 1.807) is 0 Å². The molecule has 1 fully saturated rings. The second kappa shape index (κ2) is 12.7. The van der Waals surface area contributed by atoms with E-state index in [4.69, 9.17) is 0 Å². The van der Waals surface area contributed by atoms with E-state index in [0.717, 1.165) is 29.5 Å². The lowest BCUT2D eigenvalue weighted by Gasteiger charge is -2.33. The van der Waals surface area contributed by atoms with Crippen molar-refractivity contribution in [2.24, 2.45) is 23.2 Å². The van der Waals surface area contributed by atoms with Crippen LogP contribution in [-0.2, 0) is 22.4 Å². The van der Waals surface area contributed by atoms with E-state index in [0.29, 0.717) is 30.2 Å². The molecule has 206 valence electrons. The van der Waals surface area contributed by atoms with Gasteiger partial charge in [-0.2, -0.15) is 0 Å². The second-order valence-electron chi connectivity index (χ2n) is 12.3. The van der Waals surface area contributed by atoms with Crippen molar-refractivity contribution < 1.29 is 29.7 Å². The number of fused-ring (bicyclic) bond motifs is 1. The highest BCUT2D eigenvalue weighted by atomic mass is 16.3. The van der Waals surface area contributed by atoms with Gasteiger partial charge >= 0.3 is 0 Å². The van der Waals surface area contributed by atoms with Crippen molar-refractivity contribution in [2.75, 3.05) is 13.2 Å². The molecule has 1 aromatic rings. The summed E-state index contributed by atoms with van der Waals surface area (Å²) >= 11 is 0. The number of aryl methyl sites for hydroxylation is 1. The van der Waals surface area contributed by atoms with Crippen molar-refractivity contribution in [3.8, 4) is 5.75 Å². The van der Waals surface area contributed by atoms with Crippen molar-refractivity contribution in [3.05, 3.63) is 28.3 Å². The highest BCUT2D eigenvalue weighted by molar-refractivity contribution is 6.02. The number of phenolic OH excluding ortho intramolecular Hbond substituents is 1. The highest BCUT2D eigenvalue weighted by Crippen LogP contribution is 2.45. The highest BCUT2D eigenvalue weighted by Gasteiger charge is 2.36. The van der Waals surface area contributed by atoms with E-state index in [-0.39, 0.29) is 66.9 Å². The summed E-state index contributed by atoms with van der Waals surface area (Å²) in [5, 5.41) is 30.9. The molecule has 3 rings (SSSR count). The number of hydrogen-bond acceptors (Lipinski definition) is 6. The van der Waals surface area contributed by atoms with Gasteiger partial charge in [0.05, 0.1) is 18.6 Å². The third-order valence-corrected chi connectivity index (χ3v) is 8.94. The molecule has 2 aliphatic rings. The van der Waals surface area contributed by atoms with Gasteiger partial charge in [0.15, 0.2) is 5.78 Å². The van der Waals surface area contributed by atoms with Crippen LogP contribution < -0.4 is 0 Å². The predicted octanol–water partition coefficient (Wildman–Crippen LogP) is 5.32. The Labute approximate surface area is 221 Å². The molecular weight excluding hydrogens is 468 g/mol. The van der Waals surface area contributed by atoms with Gasteiger partial charge in [-0.15, -0.1) is 0 Å². The van der Waals surface area contributed by atoms with Gasteiger partial charge in [-0.1, -0.05) is 39.7 Å². The quantitative estimate of drug-likeness (QED) is 0.307. The molecule has 6 nitrogen and oxygen atoms in total. The molecule has 37 heavy (non-hydrogen) atoms.